The van der Waals surface area contributed by atoms with E-state index in [1.165, 1.54) is 32.5 Å². The van der Waals surface area contributed by atoms with Gasteiger partial charge in [0.25, 0.3) is 0 Å². The lowest BCUT2D eigenvalue weighted by atomic mass is 9.87. The molecule has 0 atom stereocenters. The fraction of sp³-hybridized carbons (Fsp3) is 1.00. The van der Waals surface area contributed by atoms with E-state index in [9.17, 15) is 4.39 Å². The van der Waals surface area contributed by atoms with Crippen LogP contribution < -0.4 is 0 Å². The zero-order valence-corrected chi connectivity index (χ0v) is 9.92. The summed E-state index contributed by atoms with van der Waals surface area (Å²) >= 11 is 0. The molecule has 0 aromatic carbocycles. The molecule has 0 radical (unpaired) electrons. The van der Waals surface area contributed by atoms with Crippen molar-refractivity contribution in [3.8, 4) is 0 Å². The number of hydrogen-bond acceptors (Lipinski definition) is 1. The van der Waals surface area contributed by atoms with Crippen LogP contribution in [0, 0.1) is 11.8 Å². The Labute approximate surface area is 93.0 Å². The summed E-state index contributed by atoms with van der Waals surface area (Å²) in [7, 11) is 0. The van der Waals surface area contributed by atoms with Crippen molar-refractivity contribution in [3.05, 3.63) is 0 Å². The number of nitrogens with zero attached hydrogens (tertiary/aromatic N) is 1. The Kier molecular flexibility index (Phi) is 4.01. The molecule has 0 bridgehead atoms. The maximum absolute atomic E-state index is 13.0. The second-order valence-electron chi connectivity index (χ2n) is 5.60. The number of halogens is 1. The Morgan fingerprint density at radius 1 is 1.00 bits per heavy atom. The zero-order chi connectivity index (χ0) is 10.7. The minimum absolute atomic E-state index is 0.498. The van der Waals surface area contributed by atoms with E-state index in [4.69, 9.17) is 0 Å². The first-order valence-electron chi connectivity index (χ1n) is 6.60. The van der Waals surface area contributed by atoms with Gasteiger partial charge in [0.2, 0.25) is 0 Å². The van der Waals surface area contributed by atoms with Gasteiger partial charge in [0.1, 0.15) is 6.17 Å². The molecule has 0 amide bonds. The van der Waals surface area contributed by atoms with Gasteiger partial charge in [-0.1, -0.05) is 6.92 Å². The lowest BCUT2D eigenvalue weighted by Crippen LogP contribution is -2.37. The van der Waals surface area contributed by atoms with E-state index in [2.05, 4.69) is 11.8 Å². The maximum Gasteiger partial charge on any atom is 0.100 e. The molecule has 1 saturated carbocycles. The van der Waals surface area contributed by atoms with Crippen LogP contribution in [0.15, 0.2) is 0 Å². The van der Waals surface area contributed by atoms with Crippen LogP contribution in [0.5, 0.6) is 0 Å². The van der Waals surface area contributed by atoms with E-state index < -0.39 is 6.17 Å². The van der Waals surface area contributed by atoms with Crippen LogP contribution in [0.4, 0.5) is 4.39 Å². The monoisotopic (exact) mass is 213 g/mol. The molecule has 1 nitrogen and oxygen atoms in total. The zero-order valence-electron chi connectivity index (χ0n) is 9.92. The van der Waals surface area contributed by atoms with Gasteiger partial charge < -0.3 is 4.90 Å². The topological polar surface area (TPSA) is 3.24 Å². The maximum atomic E-state index is 13.0. The van der Waals surface area contributed by atoms with Crippen LogP contribution in [-0.4, -0.2) is 30.7 Å². The van der Waals surface area contributed by atoms with Crippen LogP contribution >= 0.6 is 0 Å². The predicted molar refractivity (Wildman–Crippen MR) is 61.7 cm³/mol. The highest BCUT2D eigenvalue weighted by molar-refractivity contribution is 4.77. The van der Waals surface area contributed by atoms with Gasteiger partial charge in [-0.3, -0.25) is 0 Å². The lowest BCUT2D eigenvalue weighted by Gasteiger charge is -2.34. The highest BCUT2D eigenvalue weighted by atomic mass is 19.1. The summed E-state index contributed by atoms with van der Waals surface area (Å²) in [6.45, 7) is 6.14. The molecule has 1 saturated heterocycles. The van der Waals surface area contributed by atoms with Crippen LogP contribution in [-0.2, 0) is 0 Å². The molecule has 1 aliphatic carbocycles. The van der Waals surface area contributed by atoms with Gasteiger partial charge in [0.15, 0.2) is 0 Å². The molecule has 1 aliphatic heterocycles. The molecule has 2 aliphatic rings. The van der Waals surface area contributed by atoms with Crippen LogP contribution in [0.3, 0.4) is 0 Å². The number of piperidine rings is 1. The molecule has 2 fully saturated rings. The van der Waals surface area contributed by atoms with Gasteiger partial charge in [-0.15, -0.1) is 0 Å². The molecule has 0 N–H and O–H groups in total. The molecule has 0 unspecified atom stereocenters. The number of likely N-dealkylation sites (tertiary alicyclic amines) is 1. The lowest BCUT2D eigenvalue weighted by molar-refractivity contribution is 0.130. The normalized spacial score (nSPS) is 35.6. The molecular formula is C13H24FN. The van der Waals surface area contributed by atoms with Crippen molar-refractivity contribution in [2.24, 2.45) is 11.8 Å². The predicted octanol–water partition coefficient (Wildman–Crippen LogP) is 3.25. The summed E-state index contributed by atoms with van der Waals surface area (Å²) in [5.74, 6) is 1.70. The molecule has 0 spiro atoms. The number of alkyl halides is 1. The van der Waals surface area contributed by atoms with Gasteiger partial charge in [-0.05, 0) is 63.5 Å². The third kappa shape index (κ3) is 3.44. The standard InChI is InChI=1S/C13H24FN/c1-11-6-8-15(9-7-11)10-12-2-4-13(14)5-3-12/h11-13H,2-10H2,1H3. The van der Waals surface area contributed by atoms with E-state index in [0.29, 0.717) is 0 Å². The second-order valence-corrected chi connectivity index (χ2v) is 5.60. The van der Waals surface area contributed by atoms with Crippen molar-refractivity contribution in [2.45, 2.75) is 51.6 Å². The van der Waals surface area contributed by atoms with Gasteiger partial charge in [0, 0.05) is 6.54 Å². The van der Waals surface area contributed by atoms with Crippen LogP contribution in [0.1, 0.15) is 45.4 Å². The second kappa shape index (κ2) is 5.29. The fourth-order valence-electron chi connectivity index (χ4n) is 2.91. The molecule has 0 aromatic heterocycles. The summed E-state index contributed by atoms with van der Waals surface area (Å²) < 4.78 is 13.0. The highest BCUT2D eigenvalue weighted by Gasteiger charge is 2.24. The Morgan fingerprint density at radius 3 is 2.20 bits per heavy atom. The van der Waals surface area contributed by atoms with Crippen molar-refractivity contribution in [2.75, 3.05) is 19.6 Å². The number of rotatable bonds is 2. The third-order valence-electron chi connectivity index (χ3n) is 4.17. The van der Waals surface area contributed by atoms with Crippen LogP contribution in [0.2, 0.25) is 0 Å². The highest BCUT2D eigenvalue weighted by Crippen LogP contribution is 2.28. The van der Waals surface area contributed by atoms with Crippen molar-refractivity contribution in [1.82, 2.24) is 4.90 Å². The summed E-state index contributed by atoms with van der Waals surface area (Å²) in [6, 6.07) is 0. The number of hydrogen-bond donors (Lipinski definition) is 0. The van der Waals surface area contributed by atoms with E-state index in [1.807, 2.05) is 0 Å². The van der Waals surface area contributed by atoms with Gasteiger partial charge >= 0.3 is 0 Å². The fourth-order valence-corrected chi connectivity index (χ4v) is 2.91. The quantitative estimate of drug-likeness (QED) is 0.680. The minimum atomic E-state index is -0.498. The molecule has 2 heteroatoms. The Hall–Kier alpha value is -0.110. The summed E-state index contributed by atoms with van der Waals surface area (Å²) in [5, 5.41) is 0. The third-order valence-corrected chi connectivity index (χ3v) is 4.17. The smallest absolute Gasteiger partial charge is 0.100 e. The van der Waals surface area contributed by atoms with Gasteiger partial charge in [0.05, 0.1) is 0 Å². The minimum Gasteiger partial charge on any atom is -0.303 e. The molecule has 88 valence electrons. The van der Waals surface area contributed by atoms with E-state index in [0.717, 1.165) is 37.5 Å². The summed E-state index contributed by atoms with van der Waals surface area (Å²) in [4.78, 5) is 2.60. The summed E-state index contributed by atoms with van der Waals surface area (Å²) in [5.41, 5.74) is 0. The van der Waals surface area contributed by atoms with Gasteiger partial charge in [-0.25, -0.2) is 4.39 Å². The van der Waals surface area contributed by atoms with Crippen molar-refractivity contribution >= 4 is 0 Å². The van der Waals surface area contributed by atoms with Crippen LogP contribution in [0.25, 0.3) is 0 Å². The van der Waals surface area contributed by atoms with Crippen molar-refractivity contribution < 1.29 is 4.39 Å². The molecule has 0 aromatic rings. The van der Waals surface area contributed by atoms with Crippen molar-refractivity contribution in [3.63, 3.8) is 0 Å². The molecule has 2 rings (SSSR count). The van der Waals surface area contributed by atoms with Crippen molar-refractivity contribution in [1.29, 1.82) is 0 Å². The summed E-state index contributed by atoms with van der Waals surface area (Å²) in [6.07, 6.45) is 6.09. The van der Waals surface area contributed by atoms with E-state index in [-0.39, 0.29) is 0 Å². The van der Waals surface area contributed by atoms with E-state index >= 15 is 0 Å². The Morgan fingerprint density at radius 2 is 1.60 bits per heavy atom. The average Bonchev–Trinajstić information content (AvgIpc) is 2.25. The average molecular weight is 213 g/mol. The molecule has 1 heterocycles. The van der Waals surface area contributed by atoms with E-state index in [1.54, 1.807) is 0 Å². The first-order chi connectivity index (χ1) is 7.24. The SMILES string of the molecule is CC1CCN(CC2CCC(F)CC2)CC1. The molecule has 15 heavy (non-hydrogen) atoms. The van der Waals surface area contributed by atoms with Gasteiger partial charge in [-0.2, -0.15) is 0 Å². The first kappa shape index (κ1) is 11.4. The Bertz CT molecular complexity index is 159. The molecular weight excluding hydrogens is 189 g/mol. The Balaban J connectivity index is 1.68. The largest absolute Gasteiger partial charge is 0.303 e. The first-order valence-corrected chi connectivity index (χ1v) is 6.60.